The molecular formula is C22H25N5OS. The summed E-state index contributed by atoms with van der Waals surface area (Å²) >= 11 is 1.66. The van der Waals surface area contributed by atoms with Crippen molar-refractivity contribution in [3.05, 3.63) is 72.2 Å². The largest absolute Gasteiger partial charge is 0.493 e. The van der Waals surface area contributed by atoms with Crippen LogP contribution in [0.4, 0.5) is 0 Å². The second kappa shape index (κ2) is 9.15. The van der Waals surface area contributed by atoms with Crippen LogP contribution in [0.15, 0.2) is 65.8 Å². The van der Waals surface area contributed by atoms with Gasteiger partial charge in [-0.1, -0.05) is 48.2 Å². The fourth-order valence-electron chi connectivity index (χ4n) is 3.22. The normalized spacial score (nSPS) is 11.4. The lowest BCUT2D eigenvalue weighted by Crippen LogP contribution is -2.19. The molecular weight excluding hydrogens is 382 g/mol. The van der Waals surface area contributed by atoms with E-state index >= 15 is 0 Å². The molecule has 0 saturated carbocycles. The number of nitrogens with zero attached hydrogens (tertiary/aromatic N) is 4. The first kappa shape index (κ1) is 19.5. The van der Waals surface area contributed by atoms with E-state index in [1.165, 1.54) is 16.6 Å². The fourth-order valence-corrected chi connectivity index (χ4v) is 3.97. The molecule has 4 rings (SSSR count). The molecule has 4 aromatic rings. The second-order valence-electron chi connectivity index (χ2n) is 7.02. The predicted octanol–water partition coefficient (Wildman–Crippen LogP) is 4.10. The van der Waals surface area contributed by atoms with Crippen LogP contribution in [0, 0.1) is 0 Å². The van der Waals surface area contributed by atoms with E-state index in [1.54, 1.807) is 11.8 Å². The minimum atomic E-state index is 0.636. The highest BCUT2D eigenvalue weighted by atomic mass is 32.2. The Bertz CT molecular complexity index is 1030. The van der Waals surface area contributed by atoms with E-state index in [0.717, 1.165) is 35.6 Å². The number of hydrogen-bond acceptors (Lipinski definition) is 5. The van der Waals surface area contributed by atoms with Gasteiger partial charge in [0.25, 0.3) is 0 Å². The minimum absolute atomic E-state index is 0.636. The van der Waals surface area contributed by atoms with Crippen molar-refractivity contribution in [3.63, 3.8) is 0 Å². The Kier molecular flexibility index (Phi) is 6.17. The van der Waals surface area contributed by atoms with Crippen molar-refractivity contribution in [1.82, 2.24) is 24.6 Å². The molecule has 7 heteroatoms. The molecule has 0 spiro atoms. The molecule has 0 aliphatic rings. The summed E-state index contributed by atoms with van der Waals surface area (Å²) in [7, 11) is 4.12. The second-order valence-corrected chi connectivity index (χ2v) is 8.08. The molecule has 1 N–H and O–H groups in total. The Labute approximate surface area is 174 Å². The summed E-state index contributed by atoms with van der Waals surface area (Å²) < 4.78 is 7.80. The molecule has 0 atom stereocenters. The van der Waals surface area contributed by atoms with Gasteiger partial charge in [0.1, 0.15) is 11.6 Å². The van der Waals surface area contributed by atoms with Gasteiger partial charge in [-0.25, -0.2) is 0 Å². The lowest BCUT2D eigenvalue weighted by Gasteiger charge is -2.15. The Hall–Kier alpha value is -2.77. The van der Waals surface area contributed by atoms with Crippen molar-refractivity contribution in [2.45, 2.75) is 18.2 Å². The van der Waals surface area contributed by atoms with Gasteiger partial charge in [0.15, 0.2) is 5.16 Å². The van der Waals surface area contributed by atoms with Crippen molar-refractivity contribution in [3.8, 4) is 5.75 Å². The zero-order valence-electron chi connectivity index (χ0n) is 16.7. The van der Waals surface area contributed by atoms with Crippen molar-refractivity contribution in [2.75, 3.05) is 19.4 Å². The van der Waals surface area contributed by atoms with Crippen molar-refractivity contribution < 1.29 is 4.74 Å². The summed E-state index contributed by atoms with van der Waals surface area (Å²) in [5.41, 5.74) is 2.37. The summed E-state index contributed by atoms with van der Waals surface area (Å²) in [6.07, 6.45) is 0. The Morgan fingerprint density at radius 2 is 1.83 bits per heavy atom. The van der Waals surface area contributed by atoms with E-state index in [1.807, 2.05) is 37.4 Å². The van der Waals surface area contributed by atoms with E-state index in [9.17, 15) is 0 Å². The van der Waals surface area contributed by atoms with Gasteiger partial charge in [-0.05, 0) is 36.7 Å². The zero-order valence-corrected chi connectivity index (χ0v) is 17.5. The van der Waals surface area contributed by atoms with E-state index < -0.39 is 0 Å². The van der Waals surface area contributed by atoms with Crippen LogP contribution >= 0.6 is 11.8 Å². The van der Waals surface area contributed by atoms with Gasteiger partial charge in [0, 0.05) is 30.6 Å². The third-order valence-electron chi connectivity index (χ3n) is 4.69. The van der Waals surface area contributed by atoms with E-state index in [4.69, 9.17) is 4.74 Å². The first-order valence-corrected chi connectivity index (χ1v) is 10.6. The van der Waals surface area contributed by atoms with E-state index in [-0.39, 0.29) is 0 Å². The van der Waals surface area contributed by atoms with Gasteiger partial charge in [0.2, 0.25) is 0 Å². The SMILES string of the molecule is CN(Cc1cc2ccccc2[nH]1)Cc1nnc(SCCOc2ccccc2)n1C. The molecule has 0 amide bonds. The molecule has 0 radical (unpaired) electrons. The van der Waals surface area contributed by atoms with Gasteiger partial charge < -0.3 is 14.3 Å². The fraction of sp³-hybridized carbons (Fsp3) is 0.273. The first-order valence-electron chi connectivity index (χ1n) is 9.63. The lowest BCUT2D eigenvalue weighted by atomic mass is 10.2. The maximum absolute atomic E-state index is 5.74. The van der Waals surface area contributed by atoms with Gasteiger partial charge in [-0.2, -0.15) is 0 Å². The molecule has 29 heavy (non-hydrogen) atoms. The predicted molar refractivity (Wildman–Crippen MR) is 117 cm³/mol. The molecule has 150 valence electrons. The molecule has 0 aliphatic carbocycles. The molecule has 2 aromatic carbocycles. The number of fused-ring (bicyclic) bond motifs is 1. The Balaban J connectivity index is 1.28. The highest BCUT2D eigenvalue weighted by Gasteiger charge is 2.12. The van der Waals surface area contributed by atoms with Crippen LogP contribution < -0.4 is 4.74 Å². The molecule has 2 aromatic heterocycles. The van der Waals surface area contributed by atoms with Crippen LogP contribution in [-0.2, 0) is 20.1 Å². The third-order valence-corrected chi connectivity index (χ3v) is 5.67. The van der Waals surface area contributed by atoms with Crippen LogP contribution in [0.2, 0.25) is 0 Å². The Morgan fingerprint density at radius 3 is 2.66 bits per heavy atom. The quantitative estimate of drug-likeness (QED) is 0.334. The van der Waals surface area contributed by atoms with Crippen LogP contribution in [0.5, 0.6) is 5.75 Å². The maximum Gasteiger partial charge on any atom is 0.191 e. The topological polar surface area (TPSA) is 59.0 Å². The number of thioether (sulfide) groups is 1. The maximum atomic E-state index is 5.74. The van der Waals surface area contributed by atoms with Crippen molar-refractivity contribution in [1.29, 1.82) is 0 Å². The van der Waals surface area contributed by atoms with Crippen LogP contribution in [-0.4, -0.2) is 44.1 Å². The van der Waals surface area contributed by atoms with Crippen LogP contribution in [0.3, 0.4) is 0 Å². The zero-order chi connectivity index (χ0) is 20.1. The molecule has 6 nitrogen and oxygen atoms in total. The average molecular weight is 408 g/mol. The Morgan fingerprint density at radius 1 is 1.03 bits per heavy atom. The average Bonchev–Trinajstić information content (AvgIpc) is 3.29. The molecule has 0 aliphatic heterocycles. The molecule has 0 saturated heterocycles. The van der Waals surface area contributed by atoms with Crippen LogP contribution in [0.25, 0.3) is 10.9 Å². The number of hydrogen-bond donors (Lipinski definition) is 1. The smallest absolute Gasteiger partial charge is 0.191 e. The standard InChI is InChI=1S/C22H25N5OS/c1-26(15-18-14-17-8-6-7-11-20(17)23-18)16-21-24-25-22(27(21)2)29-13-12-28-19-9-4-3-5-10-19/h3-11,14,23H,12-13,15-16H2,1-2H3. The van der Waals surface area contributed by atoms with Crippen molar-refractivity contribution >= 4 is 22.7 Å². The first-order chi connectivity index (χ1) is 14.2. The number of H-pyrrole nitrogens is 1. The van der Waals surface area contributed by atoms with Crippen molar-refractivity contribution in [2.24, 2.45) is 7.05 Å². The number of aromatic amines is 1. The summed E-state index contributed by atoms with van der Waals surface area (Å²) in [5.74, 6) is 2.67. The van der Waals surface area contributed by atoms with Gasteiger partial charge in [0.05, 0.1) is 13.2 Å². The van der Waals surface area contributed by atoms with Crippen LogP contribution in [0.1, 0.15) is 11.5 Å². The number of benzene rings is 2. The molecule has 0 bridgehead atoms. The number of ether oxygens (including phenoxy) is 1. The lowest BCUT2D eigenvalue weighted by molar-refractivity contribution is 0.303. The third kappa shape index (κ3) is 4.99. The highest BCUT2D eigenvalue weighted by Crippen LogP contribution is 2.19. The highest BCUT2D eigenvalue weighted by molar-refractivity contribution is 7.99. The number of rotatable bonds is 9. The molecule has 0 fully saturated rings. The monoisotopic (exact) mass is 407 g/mol. The molecule has 0 unspecified atom stereocenters. The van der Waals surface area contributed by atoms with E-state index in [2.05, 4.69) is 62.0 Å². The molecule has 2 heterocycles. The number of aromatic nitrogens is 4. The summed E-state index contributed by atoms with van der Waals surface area (Å²) in [6, 6.07) is 20.4. The number of para-hydroxylation sites is 2. The van der Waals surface area contributed by atoms with Gasteiger partial charge >= 0.3 is 0 Å². The number of nitrogens with one attached hydrogen (secondary N) is 1. The van der Waals surface area contributed by atoms with E-state index in [0.29, 0.717) is 6.61 Å². The van der Waals surface area contributed by atoms with Gasteiger partial charge in [-0.3, -0.25) is 4.90 Å². The summed E-state index contributed by atoms with van der Waals surface area (Å²) in [5, 5.41) is 10.9. The minimum Gasteiger partial charge on any atom is -0.493 e. The summed E-state index contributed by atoms with van der Waals surface area (Å²) in [4.78, 5) is 5.72. The van der Waals surface area contributed by atoms with Gasteiger partial charge in [-0.15, -0.1) is 10.2 Å². The summed E-state index contributed by atoms with van der Waals surface area (Å²) in [6.45, 7) is 2.20.